The van der Waals surface area contributed by atoms with Gasteiger partial charge in [0.2, 0.25) is 0 Å². The SMILES string of the molecule is N#Cc1c(SCc2csc(-c3ccc(Cl)cc3)n2)nc(N2CCC(F)(F)CC2)c(C#N)c1-c1ccc(OCCO)cc1. The van der Waals surface area contributed by atoms with Crippen molar-refractivity contribution >= 4 is 40.5 Å². The molecule has 12 heteroatoms. The summed E-state index contributed by atoms with van der Waals surface area (Å²) in [4.78, 5) is 11.2. The normalized spacial score (nSPS) is 14.3. The van der Waals surface area contributed by atoms with Crippen LogP contribution < -0.4 is 9.64 Å². The van der Waals surface area contributed by atoms with E-state index in [1.54, 1.807) is 41.3 Å². The molecule has 1 saturated heterocycles. The fraction of sp³-hybridized carbons (Fsp3) is 0.267. The van der Waals surface area contributed by atoms with E-state index < -0.39 is 5.92 Å². The second kappa shape index (κ2) is 13.1. The number of halogens is 3. The molecule has 0 amide bonds. The molecular formula is C30H24ClF2N5O2S2. The van der Waals surface area contributed by atoms with Gasteiger partial charge in [0, 0.05) is 53.2 Å². The van der Waals surface area contributed by atoms with E-state index in [2.05, 4.69) is 12.1 Å². The number of nitriles is 2. The highest BCUT2D eigenvalue weighted by molar-refractivity contribution is 7.98. The van der Waals surface area contributed by atoms with Crippen LogP contribution in [0.4, 0.5) is 14.6 Å². The molecule has 0 unspecified atom stereocenters. The number of thiazole rings is 1. The van der Waals surface area contributed by atoms with E-state index in [1.807, 2.05) is 17.5 Å². The molecule has 1 aliphatic rings. The summed E-state index contributed by atoms with van der Waals surface area (Å²) in [6, 6.07) is 18.7. The predicted molar refractivity (Wildman–Crippen MR) is 160 cm³/mol. The van der Waals surface area contributed by atoms with Crippen molar-refractivity contribution in [3.05, 3.63) is 75.8 Å². The number of pyridine rings is 1. The summed E-state index contributed by atoms with van der Waals surface area (Å²) in [5, 5.41) is 33.4. The van der Waals surface area contributed by atoms with Crippen molar-refractivity contribution in [1.29, 1.82) is 10.5 Å². The Balaban J connectivity index is 1.52. The molecule has 2 aromatic heterocycles. The first-order chi connectivity index (χ1) is 20.3. The van der Waals surface area contributed by atoms with Crippen LogP contribution in [-0.2, 0) is 5.75 Å². The number of benzene rings is 2. The van der Waals surface area contributed by atoms with Gasteiger partial charge in [-0.05, 0) is 29.8 Å². The summed E-state index contributed by atoms with van der Waals surface area (Å²) in [5.74, 6) is -1.56. The van der Waals surface area contributed by atoms with E-state index in [1.165, 1.54) is 23.1 Å². The molecule has 5 rings (SSSR count). The van der Waals surface area contributed by atoms with Crippen molar-refractivity contribution < 1.29 is 18.6 Å². The number of aliphatic hydroxyl groups excluding tert-OH is 1. The Hall–Kier alpha value is -3.74. The van der Waals surface area contributed by atoms with Crippen molar-refractivity contribution in [2.75, 3.05) is 31.2 Å². The zero-order valence-corrected chi connectivity index (χ0v) is 24.6. The summed E-state index contributed by atoms with van der Waals surface area (Å²) >= 11 is 8.81. The lowest BCUT2D eigenvalue weighted by Gasteiger charge is -2.33. The molecule has 4 aromatic rings. The molecule has 0 saturated carbocycles. The lowest BCUT2D eigenvalue weighted by Crippen LogP contribution is -2.40. The molecule has 42 heavy (non-hydrogen) atoms. The van der Waals surface area contributed by atoms with Crippen molar-refractivity contribution in [2.24, 2.45) is 0 Å². The molecular weight excluding hydrogens is 600 g/mol. The van der Waals surface area contributed by atoms with Gasteiger partial charge >= 0.3 is 0 Å². The third kappa shape index (κ3) is 6.66. The highest BCUT2D eigenvalue weighted by atomic mass is 35.5. The molecule has 3 heterocycles. The van der Waals surface area contributed by atoms with Crippen molar-refractivity contribution in [1.82, 2.24) is 9.97 Å². The number of rotatable bonds is 9. The minimum atomic E-state index is -2.77. The first-order valence-corrected chi connectivity index (χ1v) is 15.2. The van der Waals surface area contributed by atoms with Gasteiger partial charge in [-0.3, -0.25) is 0 Å². The molecule has 0 aliphatic carbocycles. The maximum atomic E-state index is 14.0. The number of hydrogen-bond donors (Lipinski definition) is 1. The maximum absolute atomic E-state index is 14.0. The highest BCUT2D eigenvalue weighted by Crippen LogP contribution is 2.41. The average molecular weight is 624 g/mol. The van der Waals surface area contributed by atoms with E-state index >= 15 is 0 Å². The van der Waals surface area contributed by atoms with E-state index in [-0.39, 0.29) is 56.1 Å². The van der Waals surface area contributed by atoms with E-state index in [0.717, 1.165) is 16.3 Å². The maximum Gasteiger partial charge on any atom is 0.251 e. The molecule has 214 valence electrons. The molecule has 1 fully saturated rings. The lowest BCUT2D eigenvalue weighted by atomic mass is 9.95. The van der Waals surface area contributed by atoms with Gasteiger partial charge in [0.05, 0.1) is 17.9 Å². The number of aliphatic hydroxyl groups is 1. The Bertz CT molecular complexity index is 1640. The molecule has 0 spiro atoms. The van der Waals surface area contributed by atoms with Crippen LogP contribution in [0.1, 0.15) is 29.7 Å². The summed E-state index contributed by atoms with van der Waals surface area (Å²) in [6.45, 7) is 0.0633. The first-order valence-electron chi connectivity index (χ1n) is 13.0. The minimum Gasteiger partial charge on any atom is -0.491 e. The molecule has 1 aliphatic heterocycles. The summed E-state index contributed by atoms with van der Waals surface area (Å²) in [6.07, 6.45) is -0.693. The first kappa shape index (κ1) is 29.7. The molecule has 2 aromatic carbocycles. The number of anilines is 1. The number of ether oxygens (including phenoxy) is 1. The van der Waals surface area contributed by atoms with Crippen molar-refractivity contribution in [2.45, 2.75) is 29.5 Å². The van der Waals surface area contributed by atoms with Gasteiger partial charge in [0.1, 0.15) is 45.9 Å². The molecule has 7 nitrogen and oxygen atoms in total. The van der Waals surface area contributed by atoms with Crippen molar-refractivity contribution in [3.63, 3.8) is 0 Å². The molecule has 1 N–H and O–H groups in total. The second-order valence-electron chi connectivity index (χ2n) is 9.47. The zero-order valence-electron chi connectivity index (χ0n) is 22.2. The van der Waals surface area contributed by atoms with Gasteiger partial charge in [-0.2, -0.15) is 10.5 Å². The quantitative estimate of drug-likeness (QED) is 0.196. The van der Waals surface area contributed by atoms with Crippen LogP contribution in [0.2, 0.25) is 5.02 Å². The largest absolute Gasteiger partial charge is 0.491 e. The Morgan fingerprint density at radius 2 is 1.67 bits per heavy atom. The number of alkyl halides is 2. The van der Waals surface area contributed by atoms with Crippen LogP contribution in [0.25, 0.3) is 21.7 Å². The standard InChI is InChI=1S/C30H24ClF2N5O2S2/c31-21-5-1-20(2-6-21)28-36-22(17-41-28)18-42-29-25(16-35)26(19-3-7-23(8-4-19)40-14-13-39)24(15-34)27(37-29)38-11-9-30(32,33)10-12-38/h1-8,17,39H,9-14,18H2. The van der Waals surface area contributed by atoms with Crippen LogP contribution in [0.5, 0.6) is 5.75 Å². The Kier molecular flexibility index (Phi) is 9.24. The van der Waals surface area contributed by atoms with Gasteiger partial charge in [-0.1, -0.05) is 47.6 Å². The Morgan fingerprint density at radius 1 is 1.00 bits per heavy atom. The van der Waals surface area contributed by atoms with Crippen molar-refractivity contribution in [3.8, 4) is 39.6 Å². The smallest absolute Gasteiger partial charge is 0.251 e. The number of thioether (sulfide) groups is 1. The number of piperidine rings is 1. The van der Waals surface area contributed by atoms with Crippen LogP contribution in [-0.4, -0.2) is 47.3 Å². The fourth-order valence-corrected chi connectivity index (χ4v) is 6.48. The predicted octanol–water partition coefficient (Wildman–Crippen LogP) is 7.17. The van der Waals surface area contributed by atoms with E-state index in [9.17, 15) is 19.3 Å². The minimum absolute atomic E-state index is 0.0363. The van der Waals surface area contributed by atoms with Gasteiger partial charge in [-0.15, -0.1) is 11.3 Å². The van der Waals surface area contributed by atoms with Crippen LogP contribution >= 0.6 is 34.7 Å². The molecule has 0 atom stereocenters. The molecule has 0 bridgehead atoms. The van der Waals surface area contributed by atoms with Gasteiger partial charge < -0.3 is 14.7 Å². The second-order valence-corrected chi connectivity index (χ2v) is 11.7. The van der Waals surface area contributed by atoms with Gasteiger partial charge in [-0.25, -0.2) is 18.7 Å². The Labute approximate surface area is 255 Å². The Morgan fingerprint density at radius 3 is 2.31 bits per heavy atom. The topological polar surface area (TPSA) is 106 Å². The summed E-state index contributed by atoms with van der Waals surface area (Å²) < 4.78 is 33.5. The van der Waals surface area contributed by atoms with Crippen LogP contribution in [0, 0.1) is 22.7 Å². The monoisotopic (exact) mass is 623 g/mol. The van der Waals surface area contributed by atoms with Crippen LogP contribution in [0.3, 0.4) is 0 Å². The van der Waals surface area contributed by atoms with Gasteiger partial charge in [0.15, 0.2) is 0 Å². The summed E-state index contributed by atoms with van der Waals surface area (Å²) in [7, 11) is 0. The number of nitrogens with zero attached hydrogens (tertiary/aromatic N) is 5. The van der Waals surface area contributed by atoms with Crippen LogP contribution in [0.15, 0.2) is 58.9 Å². The van der Waals surface area contributed by atoms with E-state index in [4.69, 9.17) is 31.4 Å². The van der Waals surface area contributed by atoms with E-state index in [0.29, 0.717) is 32.7 Å². The summed E-state index contributed by atoms with van der Waals surface area (Å²) in [5.41, 5.74) is 3.08. The number of aromatic nitrogens is 2. The number of hydrogen-bond acceptors (Lipinski definition) is 9. The van der Waals surface area contributed by atoms with Gasteiger partial charge in [0.25, 0.3) is 5.92 Å². The zero-order chi connectivity index (χ0) is 29.7. The fourth-order valence-electron chi connectivity index (χ4n) is 4.55. The third-order valence-corrected chi connectivity index (χ3v) is 8.87. The third-order valence-electron chi connectivity index (χ3n) is 6.67. The highest BCUT2D eigenvalue weighted by Gasteiger charge is 2.36. The molecule has 0 radical (unpaired) electrons. The average Bonchev–Trinajstić information content (AvgIpc) is 3.48. The lowest BCUT2D eigenvalue weighted by molar-refractivity contribution is -0.0221.